The molecule has 2 aromatic heterocycles. The Balaban J connectivity index is 2.17. The van der Waals surface area contributed by atoms with Gasteiger partial charge in [0.05, 0.1) is 24.5 Å². The molecule has 0 aromatic carbocycles. The largest absolute Gasteiger partial charge is 0.481 e. The molecule has 98 valence electrons. The Bertz CT molecular complexity index is 517. The van der Waals surface area contributed by atoms with Crippen LogP contribution in [-0.4, -0.2) is 38.9 Å². The van der Waals surface area contributed by atoms with Crippen molar-refractivity contribution in [1.29, 1.82) is 0 Å². The van der Waals surface area contributed by atoms with E-state index < -0.39 is 0 Å². The predicted molar refractivity (Wildman–Crippen MR) is 66.3 cm³/mol. The molecule has 2 aromatic rings. The summed E-state index contributed by atoms with van der Waals surface area (Å²) in [5.41, 5.74) is 1.86. The number of likely N-dealkylation sites (N-methyl/N-ethyl adjacent to an activating group) is 1. The molecule has 18 heavy (non-hydrogen) atoms. The quantitative estimate of drug-likeness (QED) is 0.812. The average Bonchev–Trinajstić information content (AvgIpc) is 2.92. The molecule has 2 rings (SSSR count). The number of rotatable bonds is 5. The molecule has 0 aliphatic carbocycles. The maximum Gasteiger partial charge on any atom is 0.211 e. The van der Waals surface area contributed by atoms with Gasteiger partial charge in [0, 0.05) is 32.8 Å². The fourth-order valence-electron chi connectivity index (χ4n) is 1.89. The number of hydrogen-bond donors (Lipinski definition) is 1. The van der Waals surface area contributed by atoms with E-state index in [4.69, 9.17) is 4.74 Å². The smallest absolute Gasteiger partial charge is 0.211 e. The molecular formula is C11H18N6O. The van der Waals surface area contributed by atoms with Gasteiger partial charge in [0.1, 0.15) is 0 Å². The molecule has 0 saturated heterocycles. The SMILES string of the molecule is CNC(Cc1cn(C)nn1)c1cc(OC)n(C)n1. The number of aryl methyl sites for hydroxylation is 2. The maximum atomic E-state index is 5.22. The van der Waals surface area contributed by atoms with Crippen LogP contribution in [-0.2, 0) is 20.5 Å². The number of aromatic nitrogens is 5. The Labute approximate surface area is 106 Å². The van der Waals surface area contributed by atoms with Crippen molar-refractivity contribution in [3.05, 3.63) is 23.7 Å². The molecule has 0 aliphatic rings. The first-order valence-electron chi connectivity index (χ1n) is 5.74. The third-order valence-corrected chi connectivity index (χ3v) is 2.83. The Hall–Kier alpha value is -1.89. The average molecular weight is 250 g/mol. The van der Waals surface area contributed by atoms with Crippen molar-refractivity contribution in [3.8, 4) is 5.88 Å². The van der Waals surface area contributed by atoms with Crippen LogP contribution in [0.2, 0.25) is 0 Å². The molecule has 0 aliphatic heterocycles. The van der Waals surface area contributed by atoms with Crippen LogP contribution in [0.5, 0.6) is 5.88 Å². The van der Waals surface area contributed by atoms with Crippen molar-refractivity contribution < 1.29 is 4.74 Å². The van der Waals surface area contributed by atoms with Gasteiger partial charge in [-0.1, -0.05) is 5.21 Å². The third-order valence-electron chi connectivity index (χ3n) is 2.83. The number of ether oxygens (including phenoxy) is 1. The highest BCUT2D eigenvalue weighted by molar-refractivity contribution is 5.20. The van der Waals surface area contributed by atoms with Crippen LogP contribution in [0.1, 0.15) is 17.4 Å². The highest BCUT2D eigenvalue weighted by Crippen LogP contribution is 2.20. The van der Waals surface area contributed by atoms with Crippen molar-refractivity contribution >= 4 is 0 Å². The van der Waals surface area contributed by atoms with E-state index in [2.05, 4.69) is 20.7 Å². The lowest BCUT2D eigenvalue weighted by Gasteiger charge is -2.11. The van der Waals surface area contributed by atoms with Gasteiger partial charge in [0.15, 0.2) is 0 Å². The van der Waals surface area contributed by atoms with E-state index in [0.717, 1.165) is 23.7 Å². The minimum Gasteiger partial charge on any atom is -0.481 e. The van der Waals surface area contributed by atoms with Crippen LogP contribution in [0.25, 0.3) is 0 Å². The molecule has 1 N–H and O–H groups in total. The topological polar surface area (TPSA) is 69.8 Å². The molecule has 7 nitrogen and oxygen atoms in total. The fraction of sp³-hybridized carbons (Fsp3) is 0.545. The lowest BCUT2D eigenvalue weighted by Crippen LogP contribution is -2.19. The summed E-state index contributed by atoms with van der Waals surface area (Å²) in [4.78, 5) is 0. The van der Waals surface area contributed by atoms with Crippen LogP contribution < -0.4 is 10.1 Å². The molecule has 1 atom stereocenters. The van der Waals surface area contributed by atoms with Crippen molar-refractivity contribution in [2.45, 2.75) is 12.5 Å². The van der Waals surface area contributed by atoms with E-state index in [1.165, 1.54) is 0 Å². The molecule has 0 amide bonds. The van der Waals surface area contributed by atoms with E-state index in [9.17, 15) is 0 Å². The van der Waals surface area contributed by atoms with Gasteiger partial charge in [-0.15, -0.1) is 5.10 Å². The molecule has 0 radical (unpaired) electrons. The Morgan fingerprint density at radius 2 is 2.22 bits per heavy atom. The summed E-state index contributed by atoms with van der Waals surface area (Å²) in [7, 11) is 7.26. The molecule has 0 spiro atoms. The standard InChI is InChI=1S/C11H18N6O/c1-12-9(5-8-7-16(2)15-13-8)10-6-11(18-4)17(3)14-10/h6-7,9,12H,5H2,1-4H3. The summed E-state index contributed by atoms with van der Waals surface area (Å²) in [6.07, 6.45) is 2.65. The molecular weight excluding hydrogens is 232 g/mol. The Morgan fingerprint density at radius 3 is 2.72 bits per heavy atom. The molecule has 0 saturated carbocycles. The van der Waals surface area contributed by atoms with Crippen molar-refractivity contribution in [1.82, 2.24) is 30.1 Å². The number of hydrogen-bond acceptors (Lipinski definition) is 5. The van der Waals surface area contributed by atoms with Crippen molar-refractivity contribution in [2.75, 3.05) is 14.2 Å². The van der Waals surface area contributed by atoms with Crippen LogP contribution in [0.3, 0.4) is 0 Å². The van der Waals surface area contributed by atoms with Gasteiger partial charge in [0.25, 0.3) is 0 Å². The lowest BCUT2D eigenvalue weighted by molar-refractivity contribution is 0.373. The number of nitrogens with zero attached hydrogens (tertiary/aromatic N) is 5. The maximum absolute atomic E-state index is 5.22. The van der Waals surface area contributed by atoms with Crippen LogP contribution in [0.15, 0.2) is 12.3 Å². The highest BCUT2D eigenvalue weighted by atomic mass is 16.5. The minimum atomic E-state index is 0.0943. The van der Waals surface area contributed by atoms with Gasteiger partial charge in [-0.25, -0.2) is 4.68 Å². The summed E-state index contributed by atoms with van der Waals surface area (Å²) >= 11 is 0. The number of methoxy groups -OCH3 is 1. The third kappa shape index (κ3) is 2.51. The second kappa shape index (κ2) is 5.18. The predicted octanol–water partition coefficient (Wildman–Crippen LogP) is 0.0604. The molecule has 7 heteroatoms. The van der Waals surface area contributed by atoms with E-state index in [1.807, 2.05) is 33.4 Å². The van der Waals surface area contributed by atoms with Gasteiger partial charge in [-0.05, 0) is 7.05 Å². The number of nitrogens with one attached hydrogen (secondary N) is 1. The summed E-state index contributed by atoms with van der Waals surface area (Å²) in [6.45, 7) is 0. The highest BCUT2D eigenvalue weighted by Gasteiger charge is 2.17. The first-order chi connectivity index (χ1) is 8.63. The second-order valence-electron chi connectivity index (χ2n) is 4.16. The van der Waals surface area contributed by atoms with Gasteiger partial charge in [0.2, 0.25) is 5.88 Å². The summed E-state index contributed by atoms with van der Waals surface area (Å²) < 4.78 is 8.63. The van der Waals surface area contributed by atoms with E-state index in [0.29, 0.717) is 0 Å². The lowest BCUT2D eigenvalue weighted by atomic mass is 10.1. The van der Waals surface area contributed by atoms with Gasteiger partial charge in [-0.2, -0.15) is 5.10 Å². The Kier molecular flexibility index (Phi) is 3.61. The first-order valence-corrected chi connectivity index (χ1v) is 5.74. The molecule has 0 bridgehead atoms. The monoisotopic (exact) mass is 250 g/mol. The first kappa shape index (κ1) is 12.6. The van der Waals surface area contributed by atoms with E-state index >= 15 is 0 Å². The summed E-state index contributed by atoms with van der Waals surface area (Å²) in [5, 5.41) is 15.7. The van der Waals surface area contributed by atoms with Gasteiger partial charge < -0.3 is 10.1 Å². The normalized spacial score (nSPS) is 12.7. The molecule has 2 heterocycles. The minimum absolute atomic E-state index is 0.0943. The van der Waals surface area contributed by atoms with Crippen LogP contribution >= 0.6 is 0 Å². The fourth-order valence-corrected chi connectivity index (χ4v) is 1.89. The summed E-state index contributed by atoms with van der Waals surface area (Å²) in [6, 6.07) is 2.02. The van der Waals surface area contributed by atoms with Crippen molar-refractivity contribution in [2.24, 2.45) is 14.1 Å². The summed E-state index contributed by atoms with van der Waals surface area (Å²) in [5.74, 6) is 0.740. The zero-order valence-electron chi connectivity index (χ0n) is 11.1. The molecule has 1 unspecified atom stereocenters. The molecule has 0 fully saturated rings. The van der Waals surface area contributed by atoms with Gasteiger partial charge in [-0.3, -0.25) is 4.68 Å². The Morgan fingerprint density at radius 1 is 1.44 bits per heavy atom. The van der Waals surface area contributed by atoms with Crippen LogP contribution in [0.4, 0.5) is 0 Å². The second-order valence-corrected chi connectivity index (χ2v) is 4.16. The van der Waals surface area contributed by atoms with Gasteiger partial charge >= 0.3 is 0 Å². The zero-order chi connectivity index (χ0) is 13.1. The zero-order valence-corrected chi connectivity index (χ0v) is 11.1. The van der Waals surface area contributed by atoms with Crippen molar-refractivity contribution in [3.63, 3.8) is 0 Å². The van der Waals surface area contributed by atoms with Crippen LogP contribution in [0, 0.1) is 0 Å². The van der Waals surface area contributed by atoms with E-state index in [-0.39, 0.29) is 6.04 Å². The van der Waals surface area contributed by atoms with E-state index in [1.54, 1.807) is 16.5 Å².